The summed E-state index contributed by atoms with van der Waals surface area (Å²) in [6.45, 7) is 9.00. The van der Waals surface area contributed by atoms with Gasteiger partial charge >= 0.3 is 0 Å². The van der Waals surface area contributed by atoms with Crippen LogP contribution in [-0.2, 0) is 11.3 Å². The van der Waals surface area contributed by atoms with Gasteiger partial charge in [-0.25, -0.2) is 0 Å². The quantitative estimate of drug-likeness (QED) is 0.425. The highest BCUT2D eigenvalue weighted by atomic mass is 16.3. The van der Waals surface area contributed by atoms with Gasteiger partial charge in [-0.1, -0.05) is 81.5 Å². The van der Waals surface area contributed by atoms with E-state index in [4.69, 9.17) is 0 Å². The van der Waals surface area contributed by atoms with Crippen molar-refractivity contribution in [3.8, 4) is 0 Å². The van der Waals surface area contributed by atoms with Crippen molar-refractivity contribution >= 4 is 5.91 Å². The molecule has 1 fully saturated rings. The minimum Gasteiger partial charge on any atom is -0.393 e. The third-order valence-electron chi connectivity index (χ3n) is 6.91. The maximum atomic E-state index is 12.4. The molecule has 3 rings (SSSR count). The third kappa shape index (κ3) is 5.08. The van der Waals surface area contributed by atoms with E-state index in [0.29, 0.717) is 41.7 Å². The van der Waals surface area contributed by atoms with E-state index in [1.54, 1.807) is 0 Å². The number of aliphatic hydroxyl groups excluding tert-OH is 1. The molecule has 1 aromatic rings. The van der Waals surface area contributed by atoms with Crippen molar-refractivity contribution < 1.29 is 9.90 Å². The molecule has 156 valence electrons. The Labute approximate surface area is 175 Å². The van der Waals surface area contributed by atoms with Crippen molar-refractivity contribution in [3.63, 3.8) is 0 Å². The van der Waals surface area contributed by atoms with Gasteiger partial charge in [0.05, 0.1) is 6.10 Å². The molecule has 1 amide bonds. The van der Waals surface area contributed by atoms with Gasteiger partial charge in [-0.3, -0.25) is 4.79 Å². The number of benzene rings is 1. The number of amides is 1. The van der Waals surface area contributed by atoms with Crippen LogP contribution in [0.5, 0.6) is 0 Å². The molecule has 2 aliphatic rings. The predicted octanol–water partition coefficient (Wildman–Crippen LogP) is 4.90. The first-order valence-electron chi connectivity index (χ1n) is 10.9. The molecule has 0 spiro atoms. The molecule has 3 heteroatoms. The smallest absolute Gasteiger partial charge is 0.247 e. The fourth-order valence-corrected chi connectivity index (χ4v) is 5.13. The summed E-state index contributed by atoms with van der Waals surface area (Å²) in [5.41, 5.74) is 1.80. The molecule has 7 atom stereocenters. The Morgan fingerprint density at radius 1 is 1.17 bits per heavy atom. The van der Waals surface area contributed by atoms with E-state index in [9.17, 15) is 9.90 Å². The molecular weight excluding hydrogens is 358 g/mol. The monoisotopic (exact) mass is 393 g/mol. The zero-order valence-corrected chi connectivity index (χ0v) is 18.1. The maximum absolute atomic E-state index is 12.4. The largest absolute Gasteiger partial charge is 0.393 e. The zero-order chi connectivity index (χ0) is 21.0. The Hall–Kier alpha value is -2.13. The number of hydrogen-bond donors (Lipinski definition) is 2. The molecule has 2 N–H and O–H groups in total. The molecule has 0 bridgehead atoms. The number of aliphatic hydroxyl groups is 1. The lowest BCUT2D eigenvalue weighted by atomic mass is 9.58. The summed E-state index contributed by atoms with van der Waals surface area (Å²) in [6, 6.07) is 9.94. The first-order valence-corrected chi connectivity index (χ1v) is 10.9. The van der Waals surface area contributed by atoms with Gasteiger partial charge in [-0.15, -0.1) is 0 Å². The van der Waals surface area contributed by atoms with Crippen molar-refractivity contribution in [3.05, 3.63) is 71.8 Å². The normalized spacial score (nSPS) is 34.8. The standard InChI is InChI=1S/C26H35NO2/c1-17-13-14-22-15-19(3)25(28)20(4)24(22)23(17)12-8-9-18(2)26(29)27-16-21-10-6-5-7-11-21/h5-14,17,19-20,22-25,28H,15-16H2,1-4H3,(H,27,29)/b12-8+,18-9+/t17-,19+,20-,22-,23-,24-,25-/m0/s1. The minimum atomic E-state index is -0.230. The SMILES string of the molecule is C/C(=C\C=C\[C@@H]1[C@H]2[C@H](C)[C@@H](O)[C@H](C)C[C@@H]2C=C[C@@H]1C)C(=O)NCc1ccccc1. The second kappa shape index (κ2) is 9.58. The van der Waals surface area contributed by atoms with E-state index >= 15 is 0 Å². The van der Waals surface area contributed by atoms with Crippen LogP contribution in [-0.4, -0.2) is 17.1 Å². The Bertz CT molecular complexity index is 779. The van der Waals surface area contributed by atoms with Crippen molar-refractivity contribution in [1.29, 1.82) is 0 Å². The van der Waals surface area contributed by atoms with Gasteiger partial charge in [-0.2, -0.15) is 0 Å². The van der Waals surface area contributed by atoms with Crippen molar-refractivity contribution in [1.82, 2.24) is 5.32 Å². The average molecular weight is 394 g/mol. The Balaban J connectivity index is 1.64. The van der Waals surface area contributed by atoms with Crippen LogP contribution < -0.4 is 5.32 Å². The van der Waals surface area contributed by atoms with Gasteiger partial charge in [0.2, 0.25) is 5.91 Å². The van der Waals surface area contributed by atoms with Crippen LogP contribution in [0.2, 0.25) is 0 Å². The molecule has 0 aliphatic heterocycles. The van der Waals surface area contributed by atoms with Gasteiger partial charge in [0.15, 0.2) is 0 Å². The van der Waals surface area contributed by atoms with E-state index in [0.717, 1.165) is 12.0 Å². The van der Waals surface area contributed by atoms with Crippen LogP contribution in [0.4, 0.5) is 0 Å². The van der Waals surface area contributed by atoms with Gasteiger partial charge in [-0.05, 0) is 54.4 Å². The Kier molecular flexibility index (Phi) is 7.13. The summed E-state index contributed by atoms with van der Waals surface area (Å²) in [6.07, 6.45) is 11.7. The lowest BCUT2D eigenvalue weighted by Crippen LogP contribution is -2.46. The van der Waals surface area contributed by atoms with Gasteiger partial charge < -0.3 is 10.4 Å². The summed E-state index contributed by atoms with van der Waals surface area (Å²) in [7, 11) is 0. The molecule has 0 heterocycles. The molecule has 0 unspecified atom stereocenters. The highest BCUT2D eigenvalue weighted by molar-refractivity contribution is 5.93. The number of allylic oxidation sites excluding steroid dienone is 5. The maximum Gasteiger partial charge on any atom is 0.247 e. The summed E-state index contributed by atoms with van der Waals surface area (Å²) in [5, 5.41) is 13.6. The van der Waals surface area contributed by atoms with E-state index < -0.39 is 0 Å². The second-order valence-electron chi connectivity index (χ2n) is 9.03. The number of carbonyl (C=O) groups is 1. The topological polar surface area (TPSA) is 49.3 Å². The molecule has 29 heavy (non-hydrogen) atoms. The molecule has 0 radical (unpaired) electrons. The van der Waals surface area contributed by atoms with Crippen molar-refractivity contribution in [2.45, 2.75) is 46.8 Å². The van der Waals surface area contributed by atoms with Gasteiger partial charge in [0, 0.05) is 12.1 Å². The number of nitrogens with one attached hydrogen (secondary N) is 1. The van der Waals surface area contributed by atoms with Crippen LogP contribution in [0.3, 0.4) is 0 Å². The summed E-state index contributed by atoms with van der Waals surface area (Å²) in [4.78, 5) is 12.4. The first-order chi connectivity index (χ1) is 13.9. The average Bonchev–Trinajstić information content (AvgIpc) is 2.72. The van der Waals surface area contributed by atoms with Crippen LogP contribution >= 0.6 is 0 Å². The van der Waals surface area contributed by atoms with Crippen molar-refractivity contribution in [2.24, 2.45) is 35.5 Å². The molecule has 3 nitrogen and oxygen atoms in total. The van der Waals surface area contributed by atoms with E-state index in [1.165, 1.54) is 0 Å². The Morgan fingerprint density at radius 3 is 2.62 bits per heavy atom. The summed E-state index contributed by atoms with van der Waals surface area (Å²) >= 11 is 0. The summed E-state index contributed by atoms with van der Waals surface area (Å²) in [5.74, 6) is 2.42. The fraction of sp³-hybridized carbons (Fsp3) is 0.500. The Morgan fingerprint density at radius 2 is 1.90 bits per heavy atom. The molecule has 0 saturated heterocycles. The number of hydrogen-bond acceptors (Lipinski definition) is 2. The minimum absolute atomic E-state index is 0.0387. The zero-order valence-electron chi connectivity index (χ0n) is 18.1. The number of rotatable bonds is 5. The predicted molar refractivity (Wildman–Crippen MR) is 119 cm³/mol. The number of fused-ring (bicyclic) bond motifs is 1. The molecule has 0 aromatic heterocycles. The summed E-state index contributed by atoms with van der Waals surface area (Å²) < 4.78 is 0. The highest BCUT2D eigenvalue weighted by Crippen LogP contribution is 2.48. The molecule has 1 aromatic carbocycles. The van der Waals surface area contributed by atoms with Gasteiger partial charge in [0.1, 0.15) is 0 Å². The molecular formula is C26H35NO2. The van der Waals surface area contributed by atoms with E-state index in [2.05, 4.69) is 44.3 Å². The van der Waals surface area contributed by atoms with Gasteiger partial charge in [0.25, 0.3) is 0 Å². The lowest BCUT2D eigenvalue weighted by molar-refractivity contribution is -0.117. The van der Waals surface area contributed by atoms with E-state index in [-0.39, 0.29) is 17.9 Å². The van der Waals surface area contributed by atoms with Crippen LogP contribution in [0.25, 0.3) is 0 Å². The molecule has 1 saturated carbocycles. The third-order valence-corrected chi connectivity index (χ3v) is 6.91. The lowest BCUT2D eigenvalue weighted by Gasteiger charge is -2.48. The fourth-order valence-electron chi connectivity index (χ4n) is 5.13. The van der Waals surface area contributed by atoms with E-state index in [1.807, 2.05) is 49.4 Å². The number of carbonyl (C=O) groups excluding carboxylic acids is 1. The van der Waals surface area contributed by atoms with Crippen LogP contribution in [0.1, 0.15) is 39.7 Å². The van der Waals surface area contributed by atoms with Crippen molar-refractivity contribution in [2.75, 3.05) is 0 Å². The van der Waals surface area contributed by atoms with Crippen LogP contribution in [0, 0.1) is 35.5 Å². The first kappa shape index (κ1) is 21.6. The second-order valence-corrected chi connectivity index (χ2v) is 9.03. The van der Waals surface area contributed by atoms with Crippen LogP contribution in [0.15, 0.2) is 66.3 Å². The molecule has 2 aliphatic carbocycles. The highest BCUT2D eigenvalue weighted by Gasteiger charge is 2.44.